The van der Waals surface area contributed by atoms with Crippen LogP contribution in [0.5, 0.6) is 0 Å². The van der Waals surface area contributed by atoms with Gasteiger partial charge < -0.3 is 20.1 Å². The van der Waals surface area contributed by atoms with Crippen LogP contribution in [0.25, 0.3) is 0 Å². The first-order valence-electron chi connectivity index (χ1n) is 22.8. The van der Waals surface area contributed by atoms with Gasteiger partial charge in [-0.3, -0.25) is 13.8 Å². The van der Waals surface area contributed by atoms with Crippen molar-refractivity contribution in [2.24, 2.45) is 5.73 Å². The minimum atomic E-state index is -4.28. The smallest absolute Gasteiger partial charge is 0.457 e. The number of ether oxygens (including phenoxy) is 2. The molecule has 326 valence electrons. The van der Waals surface area contributed by atoms with E-state index in [2.05, 4.69) is 74.6 Å². The minimum absolute atomic E-state index is 0.0954. The first-order valence-corrected chi connectivity index (χ1v) is 24.3. The largest absolute Gasteiger partial charge is 0.472 e. The second kappa shape index (κ2) is 44.3. The molecule has 0 amide bonds. The van der Waals surface area contributed by atoms with E-state index in [4.69, 9.17) is 24.3 Å². The van der Waals surface area contributed by atoms with E-state index in [0.717, 1.165) is 83.5 Å². The van der Waals surface area contributed by atoms with Gasteiger partial charge in [0.25, 0.3) is 0 Å². The number of esters is 1. The van der Waals surface area contributed by atoms with E-state index in [1.165, 1.54) is 89.9 Å². The molecule has 2 atom stereocenters. The molecule has 0 spiro atoms. The lowest BCUT2D eigenvalue weighted by molar-refractivity contribution is -0.154. The van der Waals surface area contributed by atoms with Crippen molar-refractivity contribution < 1.29 is 32.8 Å². The molecule has 0 aromatic heterocycles. The summed E-state index contributed by atoms with van der Waals surface area (Å²) in [4.78, 5) is 22.5. The molecule has 0 saturated heterocycles. The van der Waals surface area contributed by atoms with Gasteiger partial charge in [-0.05, 0) is 57.8 Å². The topological polar surface area (TPSA) is 117 Å². The van der Waals surface area contributed by atoms with E-state index >= 15 is 0 Å². The van der Waals surface area contributed by atoms with Gasteiger partial charge in [-0.1, -0.05) is 190 Å². The second-order valence-corrected chi connectivity index (χ2v) is 16.3. The van der Waals surface area contributed by atoms with Crippen LogP contribution in [0.1, 0.15) is 194 Å². The molecule has 3 N–H and O–H groups in total. The van der Waals surface area contributed by atoms with Gasteiger partial charge in [0.15, 0.2) is 0 Å². The molecule has 0 radical (unpaired) electrons. The average Bonchev–Trinajstić information content (AvgIpc) is 3.19. The van der Waals surface area contributed by atoms with Gasteiger partial charge >= 0.3 is 13.8 Å². The summed E-state index contributed by atoms with van der Waals surface area (Å²) < 4.78 is 33.5. The molecule has 8 nitrogen and oxygen atoms in total. The number of unbranched alkanes of at least 4 members (excludes halogenated alkanes) is 20. The minimum Gasteiger partial charge on any atom is -0.457 e. The van der Waals surface area contributed by atoms with Crippen molar-refractivity contribution in [2.45, 2.75) is 200 Å². The van der Waals surface area contributed by atoms with Crippen LogP contribution in [-0.4, -0.2) is 49.9 Å². The Kier molecular flexibility index (Phi) is 42.9. The lowest BCUT2D eigenvalue weighted by atomic mass is 10.0. The van der Waals surface area contributed by atoms with Crippen molar-refractivity contribution in [2.75, 3.05) is 33.0 Å². The van der Waals surface area contributed by atoms with Gasteiger partial charge in [0.05, 0.1) is 19.8 Å². The highest BCUT2D eigenvalue weighted by molar-refractivity contribution is 7.47. The molecule has 9 heteroatoms. The maximum Gasteiger partial charge on any atom is 0.472 e. The Morgan fingerprint density at radius 2 is 1.00 bits per heavy atom. The molecular formula is C47H86NO7P. The molecule has 0 aromatic rings. The molecule has 0 aliphatic heterocycles. The maximum atomic E-state index is 12.6. The molecule has 56 heavy (non-hydrogen) atoms. The summed E-state index contributed by atoms with van der Waals surface area (Å²) in [5.41, 5.74) is 5.37. The number of nitrogens with two attached hydrogens (primary N) is 1. The lowest BCUT2D eigenvalue weighted by Gasteiger charge is -2.20. The van der Waals surface area contributed by atoms with Crippen LogP contribution < -0.4 is 5.73 Å². The molecule has 0 aliphatic carbocycles. The number of carbonyl (C=O) groups excluding carboxylic acids is 1. The van der Waals surface area contributed by atoms with Gasteiger partial charge in [0, 0.05) is 19.6 Å². The summed E-state index contributed by atoms with van der Waals surface area (Å²) in [5, 5.41) is 0. The number of carbonyl (C=O) groups is 1. The second-order valence-electron chi connectivity index (χ2n) is 14.9. The SMILES string of the molecule is CC/C=C\C/C=C\C/C=C\C/C=C\C/C=C\CCCCCCCC(=O)OC(COCCCCCCCCCCCCCCCCCC)COP(=O)(O)OCCN. The Labute approximate surface area is 344 Å². The molecular weight excluding hydrogens is 721 g/mol. The summed E-state index contributed by atoms with van der Waals surface area (Å²) in [6, 6.07) is 0. The average molecular weight is 808 g/mol. The Balaban J connectivity index is 4.05. The third kappa shape index (κ3) is 43.3. The third-order valence-electron chi connectivity index (χ3n) is 9.45. The van der Waals surface area contributed by atoms with Gasteiger partial charge in [-0.25, -0.2) is 4.57 Å². The predicted molar refractivity (Wildman–Crippen MR) is 238 cm³/mol. The first kappa shape index (κ1) is 54.2. The number of hydrogen-bond donors (Lipinski definition) is 2. The number of phosphoric acid groups is 1. The zero-order valence-electron chi connectivity index (χ0n) is 36.1. The van der Waals surface area contributed by atoms with Crippen LogP contribution in [0.4, 0.5) is 0 Å². The fraction of sp³-hybridized carbons (Fsp3) is 0.766. The standard InChI is InChI=1S/C47H86NO7P/c1-3-5-7-9-11-13-15-17-19-21-22-23-24-25-26-28-30-32-34-36-38-40-47(49)55-46(45-54-56(50,51)53-43-41-48)44-52-42-39-37-35-33-31-29-27-20-18-16-14-12-10-8-6-4-2/h5,7,11,13,17,19,22-23,25-26,46H,3-4,6,8-10,12,14-16,18,20-21,24,27-45,48H2,1-2H3,(H,50,51)/b7-5-,13-11-,19-17-,23-22-,26-25-. The van der Waals surface area contributed by atoms with Gasteiger partial charge in [0.2, 0.25) is 0 Å². The van der Waals surface area contributed by atoms with Crippen molar-refractivity contribution in [3.8, 4) is 0 Å². The monoisotopic (exact) mass is 808 g/mol. The van der Waals surface area contributed by atoms with Crippen LogP contribution in [-0.2, 0) is 27.9 Å². The molecule has 0 bridgehead atoms. The van der Waals surface area contributed by atoms with E-state index in [0.29, 0.717) is 13.0 Å². The van der Waals surface area contributed by atoms with E-state index in [1.54, 1.807) is 0 Å². The van der Waals surface area contributed by atoms with Crippen LogP contribution in [0, 0.1) is 0 Å². The summed E-state index contributed by atoms with van der Waals surface area (Å²) in [7, 11) is -4.28. The van der Waals surface area contributed by atoms with E-state index in [1.807, 2.05) is 0 Å². The highest BCUT2D eigenvalue weighted by Gasteiger charge is 2.25. The van der Waals surface area contributed by atoms with Crippen molar-refractivity contribution in [3.05, 3.63) is 60.8 Å². The van der Waals surface area contributed by atoms with Crippen LogP contribution in [0.15, 0.2) is 60.8 Å². The van der Waals surface area contributed by atoms with Crippen LogP contribution in [0.2, 0.25) is 0 Å². The van der Waals surface area contributed by atoms with Gasteiger partial charge in [-0.2, -0.15) is 0 Å². The van der Waals surface area contributed by atoms with Crippen LogP contribution >= 0.6 is 7.82 Å². The van der Waals surface area contributed by atoms with E-state index in [-0.39, 0.29) is 32.3 Å². The van der Waals surface area contributed by atoms with E-state index < -0.39 is 13.9 Å². The molecule has 0 aromatic carbocycles. The quantitative estimate of drug-likeness (QED) is 0.0271. The number of hydrogen-bond acceptors (Lipinski definition) is 7. The zero-order valence-corrected chi connectivity index (χ0v) is 37.0. The Morgan fingerprint density at radius 3 is 1.50 bits per heavy atom. The lowest BCUT2D eigenvalue weighted by Crippen LogP contribution is -2.28. The summed E-state index contributed by atoms with van der Waals surface area (Å²) in [5.74, 6) is -0.348. The summed E-state index contributed by atoms with van der Waals surface area (Å²) in [6.07, 6.45) is 53.8. The molecule has 0 aliphatic rings. The highest BCUT2D eigenvalue weighted by atomic mass is 31.2. The summed E-state index contributed by atoms with van der Waals surface area (Å²) >= 11 is 0. The number of rotatable bonds is 43. The zero-order chi connectivity index (χ0) is 40.9. The normalized spacial score (nSPS) is 14.0. The van der Waals surface area contributed by atoms with Gasteiger partial charge in [0.1, 0.15) is 6.10 Å². The molecule has 0 rings (SSSR count). The molecule has 0 saturated carbocycles. The first-order chi connectivity index (χ1) is 27.4. The third-order valence-corrected chi connectivity index (χ3v) is 10.4. The maximum absolute atomic E-state index is 12.6. The Hall–Kier alpha value is -1.80. The summed E-state index contributed by atoms with van der Waals surface area (Å²) in [6.45, 7) is 4.80. The fourth-order valence-electron chi connectivity index (χ4n) is 6.14. The number of allylic oxidation sites excluding steroid dienone is 10. The highest BCUT2D eigenvalue weighted by Crippen LogP contribution is 2.43. The fourth-order valence-corrected chi connectivity index (χ4v) is 6.91. The van der Waals surface area contributed by atoms with Crippen molar-refractivity contribution in [3.63, 3.8) is 0 Å². The van der Waals surface area contributed by atoms with Crippen molar-refractivity contribution >= 4 is 13.8 Å². The molecule has 0 fully saturated rings. The van der Waals surface area contributed by atoms with Crippen LogP contribution in [0.3, 0.4) is 0 Å². The number of phosphoric ester groups is 1. The Bertz CT molecular complexity index is 1040. The van der Waals surface area contributed by atoms with Crippen molar-refractivity contribution in [1.29, 1.82) is 0 Å². The van der Waals surface area contributed by atoms with Gasteiger partial charge in [-0.15, -0.1) is 0 Å². The van der Waals surface area contributed by atoms with E-state index in [9.17, 15) is 14.3 Å². The van der Waals surface area contributed by atoms with Crippen molar-refractivity contribution in [1.82, 2.24) is 0 Å². The Morgan fingerprint density at radius 1 is 0.554 bits per heavy atom. The molecule has 2 unspecified atom stereocenters. The molecule has 0 heterocycles. The predicted octanol–water partition coefficient (Wildman–Crippen LogP) is 13.8.